The Morgan fingerprint density at radius 3 is 2.70 bits per heavy atom. The van der Waals surface area contributed by atoms with Crippen molar-refractivity contribution in [1.82, 2.24) is 15.6 Å². The third-order valence-corrected chi connectivity index (χ3v) is 3.46. The molecule has 8 heteroatoms. The lowest BCUT2D eigenvalue weighted by Gasteiger charge is -2.20. The molecular weight excluding hydrogens is 275 g/mol. The third-order valence-electron chi connectivity index (χ3n) is 3.46. The molecule has 1 aromatic heterocycles. The van der Waals surface area contributed by atoms with Crippen LogP contribution in [-0.2, 0) is 11.3 Å². The summed E-state index contributed by atoms with van der Waals surface area (Å²) < 4.78 is 43.5. The zero-order valence-electron chi connectivity index (χ0n) is 11.2. The van der Waals surface area contributed by atoms with E-state index in [1.54, 1.807) is 13.8 Å². The van der Waals surface area contributed by atoms with Gasteiger partial charge in [-0.25, -0.2) is 4.98 Å². The zero-order valence-corrected chi connectivity index (χ0v) is 11.2. The summed E-state index contributed by atoms with van der Waals surface area (Å²) in [5.41, 5.74) is 0.699. The molecule has 2 rings (SSSR count). The lowest BCUT2D eigenvalue weighted by atomic mass is 9.94. The molecule has 5 nitrogen and oxygen atoms in total. The lowest BCUT2D eigenvalue weighted by Crippen LogP contribution is -2.39. The number of nitrogens with zero attached hydrogens (tertiary/aromatic N) is 1. The van der Waals surface area contributed by atoms with Gasteiger partial charge in [-0.15, -0.1) is 0 Å². The second-order valence-corrected chi connectivity index (χ2v) is 4.88. The molecule has 1 aliphatic rings. The van der Waals surface area contributed by atoms with Crippen molar-refractivity contribution in [3.63, 3.8) is 0 Å². The van der Waals surface area contributed by atoms with E-state index >= 15 is 0 Å². The van der Waals surface area contributed by atoms with Crippen LogP contribution in [0.3, 0.4) is 0 Å². The van der Waals surface area contributed by atoms with E-state index in [0.29, 0.717) is 17.3 Å². The largest absolute Gasteiger partial charge is 0.444 e. The molecule has 0 radical (unpaired) electrons. The van der Waals surface area contributed by atoms with Gasteiger partial charge >= 0.3 is 6.18 Å². The Hall–Kier alpha value is -1.57. The van der Waals surface area contributed by atoms with Crippen molar-refractivity contribution < 1.29 is 22.4 Å². The Labute approximate surface area is 113 Å². The summed E-state index contributed by atoms with van der Waals surface area (Å²) in [6.45, 7) is 3.28. The number of nitrogens with one attached hydrogen (secondary N) is 2. The van der Waals surface area contributed by atoms with Crippen molar-refractivity contribution in [2.24, 2.45) is 11.8 Å². The van der Waals surface area contributed by atoms with E-state index in [0.717, 1.165) is 0 Å². The normalized spacial score (nSPS) is 23.1. The first-order valence-corrected chi connectivity index (χ1v) is 6.27. The molecule has 1 aromatic rings. The van der Waals surface area contributed by atoms with E-state index in [9.17, 15) is 18.0 Å². The summed E-state index contributed by atoms with van der Waals surface area (Å²) in [5.74, 6) is -2.46. The predicted octanol–water partition coefficient (Wildman–Crippen LogP) is 1.31. The fraction of sp³-hybridized carbons (Fsp3) is 0.667. The van der Waals surface area contributed by atoms with Gasteiger partial charge in [0.1, 0.15) is 5.76 Å². The summed E-state index contributed by atoms with van der Waals surface area (Å²) in [7, 11) is 0. The van der Waals surface area contributed by atoms with Crippen LogP contribution in [0.1, 0.15) is 17.3 Å². The van der Waals surface area contributed by atoms with Crippen LogP contribution in [0, 0.1) is 25.7 Å². The maximum Gasteiger partial charge on any atom is 0.393 e. The highest BCUT2D eigenvalue weighted by atomic mass is 19.4. The summed E-state index contributed by atoms with van der Waals surface area (Å²) in [6, 6.07) is 0. The Morgan fingerprint density at radius 1 is 1.45 bits per heavy atom. The highest BCUT2D eigenvalue weighted by Gasteiger charge is 2.49. The topological polar surface area (TPSA) is 67.2 Å². The minimum atomic E-state index is -4.37. The van der Waals surface area contributed by atoms with Crippen LogP contribution in [-0.4, -0.2) is 30.2 Å². The zero-order chi connectivity index (χ0) is 14.9. The van der Waals surface area contributed by atoms with Gasteiger partial charge in [-0.2, -0.15) is 13.2 Å². The molecule has 112 valence electrons. The second kappa shape index (κ2) is 5.43. The summed E-state index contributed by atoms with van der Waals surface area (Å²) in [4.78, 5) is 15.9. The van der Waals surface area contributed by atoms with Crippen molar-refractivity contribution in [3.8, 4) is 0 Å². The average molecular weight is 291 g/mol. The molecule has 20 heavy (non-hydrogen) atoms. The Kier molecular flexibility index (Phi) is 4.03. The van der Waals surface area contributed by atoms with Gasteiger partial charge in [0, 0.05) is 13.1 Å². The predicted molar refractivity (Wildman–Crippen MR) is 63.7 cm³/mol. The van der Waals surface area contributed by atoms with E-state index in [-0.39, 0.29) is 19.6 Å². The first-order valence-electron chi connectivity index (χ1n) is 6.27. The van der Waals surface area contributed by atoms with Crippen molar-refractivity contribution >= 4 is 5.91 Å². The fourth-order valence-electron chi connectivity index (χ4n) is 2.21. The van der Waals surface area contributed by atoms with Gasteiger partial charge in [0.25, 0.3) is 0 Å². The number of halogens is 3. The fourth-order valence-corrected chi connectivity index (χ4v) is 2.21. The van der Waals surface area contributed by atoms with E-state index in [1.807, 2.05) is 0 Å². The average Bonchev–Trinajstić information content (AvgIpc) is 2.94. The molecule has 0 aliphatic carbocycles. The SMILES string of the molecule is Cc1nc(CNC(=O)[C@@H]2CNC[C@H]2C(F)(F)F)oc1C. The molecule has 2 N–H and O–H groups in total. The van der Waals surface area contributed by atoms with Gasteiger partial charge in [0.15, 0.2) is 0 Å². The van der Waals surface area contributed by atoms with E-state index in [4.69, 9.17) is 4.42 Å². The highest BCUT2D eigenvalue weighted by Crippen LogP contribution is 2.34. The van der Waals surface area contributed by atoms with Crippen LogP contribution in [0.5, 0.6) is 0 Å². The number of hydrogen-bond donors (Lipinski definition) is 2. The first-order chi connectivity index (χ1) is 9.29. The molecule has 1 aliphatic heterocycles. The van der Waals surface area contributed by atoms with Gasteiger partial charge in [0.05, 0.1) is 24.1 Å². The molecule has 2 heterocycles. The van der Waals surface area contributed by atoms with Crippen molar-refractivity contribution in [3.05, 3.63) is 17.3 Å². The van der Waals surface area contributed by atoms with Crippen LogP contribution < -0.4 is 10.6 Å². The number of aromatic nitrogens is 1. The number of rotatable bonds is 3. The molecule has 0 bridgehead atoms. The van der Waals surface area contributed by atoms with E-state index < -0.39 is 23.9 Å². The summed E-state index contributed by atoms with van der Waals surface area (Å²) in [6.07, 6.45) is -4.37. The molecule has 0 unspecified atom stereocenters. The quantitative estimate of drug-likeness (QED) is 0.881. The Bertz CT molecular complexity index is 479. The van der Waals surface area contributed by atoms with Crippen LogP contribution in [0.15, 0.2) is 4.42 Å². The van der Waals surface area contributed by atoms with Crippen molar-refractivity contribution in [2.75, 3.05) is 13.1 Å². The summed E-state index contributed by atoms with van der Waals surface area (Å²) in [5, 5.41) is 5.05. The van der Waals surface area contributed by atoms with Gasteiger partial charge in [-0.3, -0.25) is 4.79 Å². The number of carbonyl (C=O) groups excluding carboxylic acids is 1. The maximum absolute atomic E-state index is 12.7. The number of amides is 1. The molecular formula is C12H16F3N3O2. The number of alkyl halides is 3. The smallest absolute Gasteiger partial charge is 0.393 e. The number of carbonyl (C=O) groups is 1. The monoisotopic (exact) mass is 291 g/mol. The standard InChI is InChI=1S/C12H16F3N3O2/c1-6-7(2)20-10(18-6)5-17-11(19)8-3-16-4-9(8)12(13,14)15/h8-9,16H,3-5H2,1-2H3,(H,17,19)/t8-,9-/m1/s1. The van der Waals surface area contributed by atoms with Crippen LogP contribution in [0.4, 0.5) is 13.2 Å². The van der Waals surface area contributed by atoms with Gasteiger partial charge < -0.3 is 15.1 Å². The molecule has 0 saturated carbocycles. The Morgan fingerprint density at radius 2 is 2.15 bits per heavy atom. The van der Waals surface area contributed by atoms with Crippen LogP contribution in [0.2, 0.25) is 0 Å². The molecule has 1 fully saturated rings. The minimum absolute atomic E-state index is 0.00537. The van der Waals surface area contributed by atoms with E-state index in [1.165, 1.54) is 0 Å². The van der Waals surface area contributed by atoms with Crippen LogP contribution in [0.25, 0.3) is 0 Å². The van der Waals surface area contributed by atoms with E-state index in [2.05, 4.69) is 15.6 Å². The molecule has 2 atom stereocenters. The van der Waals surface area contributed by atoms with Gasteiger partial charge in [-0.05, 0) is 13.8 Å². The minimum Gasteiger partial charge on any atom is -0.444 e. The first kappa shape index (κ1) is 14.8. The number of hydrogen-bond acceptors (Lipinski definition) is 4. The van der Waals surface area contributed by atoms with Crippen LogP contribution >= 0.6 is 0 Å². The molecule has 0 spiro atoms. The maximum atomic E-state index is 12.7. The Balaban J connectivity index is 1.94. The van der Waals surface area contributed by atoms with Crippen molar-refractivity contribution in [1.29, 1.82) is 0 Å². The molecule has 1 amide bonds. The number of aryl methyl sites for hydroxylation is 2. The molecule has 0 aromatic carbocycles. The lowest BCUT2D eigenvalue weighted by molar-refractivity contribution is -0.182. The summed E-state index contributed by atoms with van der Waals surface area (Å²) >= 11 is 0. The number of oxazole rings is 1. The highest BCUT2D eigenvalue weighted by molar-refractivity contribution is 5.79. The molecule has 1 saturated heterocycles. The van der Waals surface area contributed by atoms with Gasteiger partial charge in [0.2, 0.25) is 11.8 Å². The van der Waals surface area contributed by atoms with Gasteiger partial charge in [-0.1, -0.05) is 0 Å². The second-order valence-electron chi connectivity index (χ2n) is 4.88. The van der Waals surface area contributed by atoms with Crippen molar-refractivity contribution in [2.45, 2.75) is 26.6 Å². The third kappa shape index (κ3) is 3.12.